The smallest absolute Gasteiger partial charge is 0.410 e. The average Bonchev–Trinajstić information content (AvgIpc) is 2.41. The molecule has 2 heterocycles. The number of nitrogens with zero attached hydrogens (tertiary/aromatic N) is 1. The Hall–Kier alpha value is -0.980. The SMILES string of the molecule is O=C1OC2(CCNCC2)CN1CC(F)(F)F. The molecule has 0 aromatic rings. The Labute approximate surface area is 90.7 Å². The van der Waals surface area contributed by atoms with Gasteiger partial charge in [0.05, 0.1) is 6.54 Å². The highest BCUT2D eigenvalue weighted by Crippen LogP contribution is 2.32. The summed E-state index contributed by atoms with van der Waals surface area (Å²) in [5.74, 6) is 0. The molecule has 0 unspecified atom stereocenters. The van der Waals surface area contributed by atoms with Crippen LogP contribution in [-0.4, -0.2) is 48.9 Å². The molecule has 0 radical (unpaired) electrons. The lowest BCUT2D eigenvalue weighted by atomic mass is 9.92. The van der Waals surface area contributed by atoms with E-state index in [4.69, 9.17) is 4.74 Å². The summed E-state index contributed by atoms with van der Waals surface area (Å²) in [6.07, 6.45) is -4.06. The second kappa shape index (κ2) is 3.80. The van der Waals surface area contributed by atoms with Crippen molar-refractivity contribution < 1.29 is 22.7 Å². The lowest BCUT2D eigenvalue weighted by molar-refractivity contribution is -0.139. The van der Waals surface area contributed by atoms with E-state index in [0.717, 1.165) is 4.90 Å². The van der Waals surface area contributed by atoms with Crippen LogP contribution in [0.1, 0.15) is 12.8 Å². The van der Waals surface area contributed by atoms with Gasteiger partial charge in [0, 0.05) is 12.8 Å². The summed E-state index contributed by atoms with van der Waals surface area (Å²) in [6.45, 7) is 0.175. The predicted octanol–water partition coefficient (Wildman–Crippen LogP) is 1.12. The minimum atomic E-state index is -4.36. The molecule has 1 spiro atoms. The highest BCUT2D eigenvalue weighted by molar-refractivity contribution is 5.70. The third kappa shape index (κ3) is 2.40. The van der Waals surface area contributed by atoms with Crippen LogP contribution in [0.15, 0.2) is 0 Å². The van der Waals surface area contributed by atoms with Gasteiger partial charge in [0.1, 0.15) is 12.1 Å². The lowest BCUT2D eigenvalue weighted by Gasteiger charge is -2.31. The quantitative estimate of drug-likeness (QED) is 0.744. The van der Waals surface area contributed by atoms with Gasteiger partial charge in [-0.15, -0.1) is 0 Å². The van der Waals surface area contributed by atoms with Crippen LogP contribution >= 0.6 is 0 Å². The standard InChI is InChI=1S/C9H13F3N2O2/c10-9(11,12)6-14-5-8(16-7(14)15)1-3-13-4-2-8/h13H,1-6H2. The van der Waals surface area contributed by atoms with Gasteiger partial charge in [0.2, 0.25) is 0 Å². The Kier molecular flexibility index (Phi) is 2.73. The molecule has 0 saturated carbocycles. The number of nitrogens with one attached hydrogen (secondary N) is 1. The summed E-state index contributed by atoms with van der Waals surface area (Å²) in [4.78, 5) is 12.1. The number of carbonyl (C=O) groups excluding carboxylic acids is 1. The molecule has 0 aliphatic carbocycles. The molecule has 92 valence electrons. The number of hydrogen-bond acceptors (Lipinski definition) is 3. The molecule has 1 amide bonds. The Bertz CT molecular complexity index is 287. The first-order valence-corrected chi connectivity index (χ1v) is 5.16. The van der Waals surface area contributed by atoms with Crippen molar-refractivity contribution in [3.05, 3.63) is 0 Å². The van der Waals surface area contributed by atoms with Gasteiger partial charge in [-0.2, -0.15) is 13.2 Å². The van der Waals surface area contributed by atoms with Crippen molar-refractivity contribution in [1.82, 2.24) is 10.2 Å². The summed E-state index contributed by atoms with van der Waals surface area (Å²) in [6, 6.07) is 0. The Morgan fingerprint density at radius 1 is 1.38 bits per heavy atom. The van der Waals surface area contributed by atoms with Crippen molar-refractivity contribution in [1.29, 1.82) is 0 Å². The van der Waals surface area contributed by atoms with Crippen LogP contribution in [-0.2, 0) is 4.74 Å². The number of piperidine rings is 1. The Balaban J connectivity index is 2.00. The summed E-state index contributed by atoms with van der Waals surface area (Å²) in [5.41, 5.74) is -0.701. The highest BCUT2D eigenvalue weighted by atomic mass is 19.4. The minimum absolute atomic E-state index is 0.0486. The molecule has 0 aromatic carbocycles. The Morgan fingerprint density at radius 2 is 2.00 bits per heavy atom. The second-order valence-electron chi connectivity index (χ2n) is 4.27. The van der Waals surface area contributed by atoms with Crippen molar-refractivity contribution in [2.75, 3.05) is 26.2 Å². The minimum Gasteiger partial charge on any atom is -0.441 e. The number of halogens is 3. The zero-order valence-corrected chi connectivity index (χ0v) is 8.64. The van der Waals surface area contributed by atoms with E-state index >= 15 is 0 Å². The number of alkyl halides is 3. The first-order valence-electron chi connectivity index (χ1n) is 5.16. The zero-order valence-electron chi connectivity index (χ0n) is 8.64. The van der Waals surface area contributed by atoms with Crippen LogP contribution in [0.5, 0.6) is 0 Å². The monoisotopic (exact) mass is 238 g/mol. The Morgan fingerprint density at radius 3 is 2.56 bits per heavy atom. The molecule has 0 atom stereocenters. The summed E-state index contributed by atoms with van der Waals surface area (Å²) < 4.78 is 41.6. The number of carbonyl (C=O) groups is 1. The molecule has 2 aliphatic rings. The molecular formula is C9H13F3N2O2. The van der Waals surface area contributed by atoms with Crippen LogP contribution in [0.4, 0.5) is 18.0 Å². The predicted molar refractivity (Wildman–Crippen MR) is 48.9 cm³/mol. The molecule has 7 heteroatoms. The summed E-state index contributed by atoms with van der Waals surface area (Å²) in [7, 11) is 0. The van der Waals surface area contributed by atoms with Crippen LogP contribution in [0.3, 0.4) is 0 Å². The molecule has 16 heavy (non-hydrogen) atoms. The fourth-order valence-electron chi connectivity index (χ4n) is 2.17. The maximum absolute atomic E-state index is 12.2. The van der Waals surface area contributed by atoms with Gasteiger partial charge in [0.15, 0.2) is 0 Å². The van der Waals surface area contributed by atoms with Gasteiger partial charge in [-0.1, -0.05) is 0 Å². The van der Waals surface area contributed by atoms with Gasteiger partial charge in [-0.25, -0.2) is 4.79 Å². The molecule has 1 N–H and O–H groups in total. The molecule has 4 nitrogen and oxygen atoms in total. The van der Waals surface area contributed by atoms with Crippen molar-refractivity contribution in [2.24, 2.45) is 0 Å². The first-order chi connectivity index (χ1) is 7.40. The van der Waals surface area contributed by atoms with Crippen LogP contribution in [0.25, 0.3) is 0 Å². The average molecular weight is 238 g/mol. The summed E-state index contributed by atoms with van der Waals surface area (Å²) in [5, 5.41) is 3.08. The van der Waals surface area contributed by atoms with Gasteiger partial charge < -0.3 is 10.1 Å². The van der Waals surface area contributed by atoms with Crippen molar-refractivity contribution in [3.63, 3.8) is 0 Å². The molecule has 0 bridgehead atoms. The van der Waals surface area contributed by atoms with Crippen molar-refractivity contribution in [3.8, 4) is 0 Å². The maximum atomic E-state index is 12.2. The van der Waals surface area contributed by atoms with Crippen molar-refractivity contribution >= 4 is 6.09 Å². The topological polar surface area (TPSA) is 41.6 Å². The first kappa shape index (κ1) is 11.5. The molecule has 2 aliphatic heterocycles. The fraction of sp³-hybridized carbons (Fsp3) is 0.889. The second-order valence-corrected chi connectivity index (χ2v) is 4.27. The highest BCUT2D eigenvalue weighted by Gasteiger charge is 2.48. The van der Waals surface area contributed by atoms with Crippen LogP contribution in [0.2, 0.25) is 0 Å². The maximum Gasteiger partial charge on any atom is 0.410 e. The molecule has 2 saturated heterocycles. The zero-order chi connectivity index (χ0) is 11.8. The van der Waals surface area contributed by atoms with Gasteiger partial charge in [-0.3, -0.25) is 4.90 Å². The third-order valence-corrected chi connectivity index (χ3v) is 2.93. The molecule has 2 rings (SSSR count). The van der Waals surface area contributed by atoms with E-state index in [1.54, 1.807) is 0 Å². The largest absolute Gasteiger partial charge is 0.441 e. The van der Waals surface area contributed by atoms with E-state index < -0.39 is 24.4 Å². The molecule has 0 aromatic heterocycles. The van der Waals surface area contributed by atoms with E-state index in [0.29, 0.717) is 25.9 Å². The third-order valence-electron chi connectivity index (χ3n) is 2.93. The number of rotatable bonds is 1. The number of ether oxygens (including phenoxy) is 1. The normalized spacial score (nSPS) is 24.9. The fourth-order valence-corrected chi connectivity index (χ4v) is 2.17. The lowest BCUT2D eigenvalue weighted by Crippen LogP contribution is -2.45. The molecular weight excluding hydrogens is 225 g/mol. The van der Waals surface area contributed by atoms with Crippen LogP contribution in [0, 0.1) is 0 Å². The van der Waals surface area contributed by atoms with Crippen molar-refractivity contribution in [2.45, 2.75) is 24.6 Å². The van der Waals surface area contributed by atoms with E-state index in [-0.39, 0.29) is 6.54 Å². The van der Waals surface area contributed by atoms with Gasteiger partial charge in [-0.05, 0) is 13.1 Å². The molecule has 2 fully saturated rings. The van der Waals surface area contributed by atoms with E-state index in [1.165, 1.54) is 0 Å². The van der Waals surface area contributed by atoms with E-state index in [2.05, 4.69) is 5.32 Å². The van der Waals surface area contributed by atoms with E-state index in [1.807, 2.05) is 0 Å². The van der Waals surface area contributed by atoms with Gasteiger partial charge >= 0.3 is 12.3 Å². The number of hydrogen-bond donors (Lipinski definition) is 1. The van der Waals surface area contributed by atoms with Crippen LogP contribution < -0.4 is 5.32 Å². The summed E-state index contributed by atoms with van der Waals surface area (Å²) >= 11 is 0. The van der Waals surface area contributed by atoms with E-state index in [9.17, 15) is 18.0 Å². The van der Waals surface area contributed by atoms with Gasteiger partial charge in [0.25, 0.3) is 0 Å². The number of amides is 1.